The molecule has 22 heavy (non-hydrogen) atoms. The highest BCUT2D eigenvalue weighted by Gasteiger charge is 2.41. The minimum absolute atomic E-state index is 0.0743. The number of halogens is 1. The van der Waals surface area contributed by atoms with E-state index in [-0.39, 0.29) is 6.42 Å². The van der Waals surface area contributed by atoms with E-state index in [1.54, 1.807) is 0 Å². The third kappa shape index (κ3) is 4.54. The van der Waals surface area contributed by atoms with Gasteiger partial charge in [0.05, 0.1) is 4.90 Å². The lowest BCUT2D eigenvalue weighted by atomic mass is 10.1. The first-order chi connectivity index (χ1) is 10.3. The van der Waals surface area contributed by atoms with Crippen molar-refractivity contribution < 1.29 is 26.4 Å². The van der Waals surface area contributed by atoms with Crippen molar-refractivity contribution in [2.45, 2.75) is 42.8 Å². The smallest absolute Gasteiger partial charge is 0.360 e. The fourth-order valence-corrected chi connectivity index (χ4v) is 4.49. The van der Waals surface area contributed by atoms with Crippen LogP contribution in [0.15, 0.2) is 29.2 Å². The molecule has 1 aromatic rings. The quantitative estimate of drug-likeness (QED) is 0.204. The second-order valence-corrected chi connectivity index (χ2v) is 7.68. The van der Waals surface area contributed by atoms with E-state index in [0.717, 1.165) is 31.0 Å². The molecule has 2 atom stereocenters. The van der Waals surface area contributed by atoms with Crippen LogP contribution in [0.25, 0.3) is 5.53 Å². The van der Waals surface area contributed by atoms with Crippen molar-refractivity contribution in [2.75, 3.05) is 0 Å². The monoisotopic (exact) mass is 348 g/mol. The molecule has 0 saturated heterocycles. The molecular weight excluding hydrogens is 331 g/mol. The van der Waals surface area contributed by atoms with Crippen molar-refractivity contribution in [2.24, 2.45) is 0 Å². The predicted octanol–water partition coefficient (Wildman–Crippen LogP) is 2.40. The van der Waals surface area contributed by atoms with E-state index in [1.165, 1.54) is 6.07 Å². The summed E-state index contributed by atoms with van der Waals surface area (Å²) in [5, 5.41) is -2.18. The molecule has 122 valence electrons. The van der Waals surface area contributed by atoms with Gasteiger partial charge in [0.25, 0.3) is 9.84 Å². The molecule has 0 fully saturated rings. The van der Waals surface area contributed by atoms with Gasteiger partial charge in [-0.05, 0) is 24.6 Å². The molecule has 0 heterocycles. The average molecular weight is 348 g/mol. The molecule has 6 nitrogen and oxygen atoms in total. The third-order valence-electron chi connectivity index (χ3n) is 3.07. The molecule has 0 saturated carbocycles. The lowest BCUT2D eigenvalue weighted by molar-refractivity contribution is -0.00320. The lowest BCUT2D eigenvalue weighted by Crippen LogP contribution is -2.33. The van der Waals surface area contributed by atoms with Gasteiger partial charge in [-0.3, -0.25) is 0 Å². The molecule has 0 bridgehead atoms. The molecule has 9 heteroatoms. The number of rotatable bonds is 7. The highest BCUT2D eigenvalue weighted by atomic mass is 32.2. The number of hydrogen-bond acceptors (Lipinski definition) is 3. The number of nitrogens with zero attached hydrogens (tertiary/aromatic N) is 2. The molecular formula is C13H17FN2O4S2. The summed E-state index contributed by atoms with van der Waals surface area (Å²) >= 11 is -2.53. The van der Waals surface area contributed by atoms with Crippen LogP contribution in [-0.2, 0) is 20.9 Å². The molecule has 1 N–H and O–H groups in total. The van der Waals surface area contributed by atoms with Crippen molar-refractivity contribution >= 4 is 26.0 Å². The van der Waals surface area contributed by atoms with Crippen molar-refractivity contribution in [3.05, 3.63) is 35.6 Å². The van der Waals surface area contributed by atoms with Gasteiger partial charge in [-0.15, -0.1) is 0 Å². The Hall–Kier alpha value is -1.41. The highest BCUT2D eigenvalue weighted by molar-refractivity contribution is 8.07. The Morgan fingerprint density at radius 1 is 1.45 bits per heavy atom. The molecule has 1 rings (SSSR count). The first-order valence-corrected chi connectivity index (χ1v) is 9.32. The van der Waals surface area contributed by atoms with Crippen LogP contribution >= 0.6 is 0 Å². The highest BCUT2D eigenvalue weighted by Crippen LogP contribution is 2.19. The van der Waals surface area contributed by atoms with Gasteiger partial charge < -0.3 is 10.1 Å². The largest absolute Gasteiger partial charge is 0.403 e. The summed E-state index contributed by atoms with van der Waals surface area (Å²) in [4.78, 5) is 2.29. The van der Waals surface area contributed by atoms with Crippen LogP contribution in [0.5, 0.6) is 0 Å². The lowest BCUT2D eigenvalue weighted by Gasteiger charge is -2.09. The van der Waals surface area contributed by atoms with Gasteiger partial charge >= 0.3 is 5.04 Å². The van der Waals surface area contributed by atoms with Crippen molar-refractivity contribution in [3.8, 4) is 0 Å². The topological polar surface area (TPSA) is 108 Å². The maximum Gasteiger partial charge on any atom is 0.403 e. The Kier molecular flexibility index (Phi) is 7.02. The predicted molar refractivity (Wildman–Crippen MR) is 80.9 cm³/mol. The van der Waals surface area contributed by atoms with Crippen LogP contribution in [0.3, 0.4) is 0 Å². The van der Waals surface area contributed by atoms with Crippen LogP contribution in [0, 0.1) is 5.82 Å². The second kappa shape index (κ2) is 8.28. The number of hydrogen-bond donors (Lipinski definition) is 1. The zero-order chi connectivity index (χ0) is 16.8. The van der Waals surface area contributed by atoms with Crippen LogP contribution < -0.4 is 0 Å². The molecule has 0 aromatic heterocycles. The number of unbranched alkanes of at least 4 members (excludes halogenated alkanes) is 2. The summed E-state index contributed by atoms with van der Waals surface area (Å²) in [6.45, 7) is 1.93. The summed E-state index contributed by atoms with van der Waals surface area (Å²) in [7, 11) is -4.35. The normalized spacial score (nSPS) is 14.1. The van der Waals surface area contributed by atoms with Crippen molar-refractivity contribution in [1.29, 1.82) is 0 Å². The van der Waals surface area contributed by atoms with E-state index in [9.17, 15) is 21.6 Å². The fraction of sp³-hybridized carbons (Fsp3) is 0.462. The molecule has 0 aliphatic heterocycles. The van der Waals surface area contributed by atoms with Crippen LogP contribution in [0.4, 0.5) is 4.39 Å². The Bertz CT molecular complexity index is 700. The molecule has 2 unspecified atom stereocenters. The van der Waals surface area contributed by atoms with Gasteiger partial charge in [0, 0.05) is 0 Å². The SMILES string of the molecule is CCCCCC(C(=[N+]=[N-])S(=O)(=O)c1cccc(F)c1)S(=O)O. The Morgan fingerprint density at radius 2 is 2.14 bits per heavy atom. The Morgan fingerprint density at radius 3 is 2.64 bits per heavy atom. The zero-order valence-electron chi connectivity index (χ0n) is 12.0. The number of benzene rings is 1. The standard InChI is InChI=1S/C13H17FN2O4S2/c1-2-3-4-8-12(21(17)18)13(16-15)22(19,20)11-7-5-6-10(14)9-11/h5-7,9,12H,2-4,8H2,1H3,(H,17,18). The Balaban J connectivity index is 3.22. The van der Waals surface area contributed by atoms with Crippen LogP contribution in [0.1, 0.15) is 32.6 Å². The second-order valence-electron chi connectivity index (χ2n) is 4.66. The molecule has 0 aliphatic carbocycles. The minimum Gasteiger partial charge on any atom is -0.360 e. The van der Waals surface area contributed by atoms with Gasteiger partial charge in [-0.25, -0.2) is 17.0 Å². The van der Waals surface area contributed by atoms with Gasteiger partial charge in [-0.2, -0.15) is 4.79 Å². The Labute approximate surface area is 131 Å². The number of sulfone groups is 1. The van der Waals surface area contributed by atoms with Gasteiger partial charge in [0.1, 0.15) is 5.82 Å². The van der Waals surface area contributed by atoms with Gasteiger partial charge in [-0.1, -0.05) is 32.3 Å². The first-order valence-electron chi connectivity index (χ1n) is 6.66. The van der Waals surface area contributed by atoms with Crippen LogP contribution in [0.2, 0.25) is 0 Å². The van der Waals surface area contributed by atoms with E-state index in [4.69, 9.17) is 5.53 Å². The van der Waals surface area contributed by atoms with Crippen molar-refractivity contribution in [1.82, 2.24) is 0 Å². The van der Waals surface area contributed by atoms with Gasteiger partial charge in [0.15, 0.2) is 16.3 Å². The van der Waals surface area contributed by atoms with Crippen LogP contribution in [-0.4, -0.2) is 32.3 Å². The molecule has 0 aliphatic rings. The maximum atomic E-state index is 13.2. The summed E-state index contributed by atoms with van der Waals surface area (Å²) in [6, 6.07) is 4.16. The zero-order valence-corrected chi connectivity index (χ0v) is 13.6. The summed E-state index contributed by atoms with van der Waals surface area (Å²) in [5.74, 6) is -0.772. The first kappa shape index (κ1) is 18.6. The van der Waals surface area contributed by atoms with Crippen molar-refractivity contribution in [3.63, 3.8) is 0 Å². The molecule has 0 spiro atoms. The van der Waals surface area contributed by atoms with Gasteiger partial charge in [0.2, 0.25) is 0 Å². The van der Waals surface area contributed by atoms with E-state index < -0.39 is 41.9 Å². The summed E-state index contributed by atoms with van der Waals surface area (Å²) in [6.07, 6.45) is 2.16. The average Bonchev–Trinajstić information content (AvgIpc) is 2.46. The van der Waals surface area contributed by atoms with E-state index in [1.807, 2.05) is 6.92 Å². The summed E-state index contributed by atoms with van der Waals surface area (Å²) in [5.41, 5.74) is 9.04. The fourth-order valence-electron chi connectivity index (χ4n) is 1.94. The third-order valence-corrected chi connectivity index (χ3v) is 5.96. The molecule has 1 aromatic carbocycles. The minimum atomic E-state index is -4.35. The molecule has 0 radical (unpaired) electrons. The summed E-state index contributed by atoms with van der Waals surface area (Å²) < 4.78 is 58.7. The van der Waals surface area contributed by atoms with E-state index in [0.29, 0.717) is 6.42 Å². The molecule has 0 amide bonds. The van der Waals surface area contributed by atoms with E-state index >= 15 is 0 Å². The van der Waals surface area contributed by atoms with E-state index in [2.05, 4.69) is 4.79 Å². The maximum absolute atomic E-state index is 13.2.